The number of hydrogen-bond acceptors (Lipinski definition) is 4. The molecule has 1 aromatic heterocycles. The predicted molar refractivity (Wildman–Crippen MR) is 109 cm³/mol. The van der Waals surface area contributed by atoms with Crippen LogP contribution in [-0.4, -0.2) is 27.2 Å². The van der Waals surface area contributed by atoms with Crippen LogP contribution in [0.15, 0.2) is 55.1 Å². The quantitative estimate of drug-likeness (QED) is 0.690. The number of hydrogen-bond donors (Lipinski definition) is 2. The Bertz CT molecular complexity index is 932. The summed E-state index contributed by atoms with van der Waals surface area (Å²) in [6, 6.07) is 13.2. The highest BCUT2D eigenvalue weighted by Gasteiger charge is 2.18. The van der Waals surface area contributed by atoms with Crippen LogP contribution in [0.3, 0.4) is 0 Å². The molecular weight excluding hydrogens is 362 g/mol. The lowest BCUT2D eigenvalue weighted by atomic mass is 9.86. The molecule has 1 amide bonds. The first-order chi connectivity index (χ1) is 12.8. The van der Waals surface area contributed by atoms with Crippen molar-refractivity contribution in [3.05, 3.63) is 65.7 Å². The molecule has 0 bridgehead atoms. The van der Waals surface area contributed by atoms with Gasteiger partial charge < -0.3 is 10.6 Å². The minimum atomic E-state index is -0.178. The van der Waals surface area contributed by atoms with Crippen molar-refractivity contribution in [2.45, 2.75) is 26.2 Å². The lowest BCUT2D eigenvalue weighted by Gasteiger charge is -2.23. The van der Waals surface area contributed by atoms with Crippen molar-refractivity contribution in [3.63, 3.8) is 0 Å². The molecular formula is C20H22ClN5O. The summed E-state index contributed by atoms with van der Waals surface area (Å²) in [4.78, 5) is 16.5. The molecule has 2 N–H and O–H groups in total. The number of nitrogens with zero attached hydrogens (tertiary/aromatic N) is 3. The van der Waals surface area contributed by atoms with Crippen LogP contribution in [0.25, 0.3) is 5.69 Å². The highest BCUT2D eigenvalue weighted by atomic mass is 35.5. The van der Waals surface area contributed by atoms with Gasteiger partial charge in [0.1, 0.15) is 12.7 Å². The zero-order chi connectivity index (χ0) is 19.4. The molecule has 0 aliphatic rings. The Morgan fingerprint density at radius 3 is 2.63 bits per heavy atom. The van der Waals surface area contributed by atoms with Crippen LogP contribution in [-0.2, 0) is 10.2 Å². The summed E-state index contributed by atoms with van der Waals surface area (Å²) in [5.74, 6) is -0.178. The number of anilines is 2. The highest BCUT2D eigenvalue weighted by Crippen LogP contribution is 2.29. The van der Waals surface area contributed by atoms with Gasteiger partial charge in [-0.25, -0.2) is 9.67 Å². The molecule has 0 saturated heterocycles. The fourth-order valence-electron chi connectivity index (χ4n) is 2.80. The Labute approximate surface area is 163 Å². The van der Waals surface area contributed by atoms with Crippen molar-refractivity contribution < 1.29 is 4.79 Å². The van der Waals surface area contributed by atoms with Crippen LogP contribution < -0.4 is 10.6 Å². The van der Waals surface area contributed by atoms with E-state index in [0.717, 1.165) is 11.3 Å². The second kappa shape index (κ2) is 7.80. The molecule has 27 heavy (non-hydrogen) atoms. The minimum absolute atomic E-state index is 0.0205. The van der Waals surface area contributed by atoms with Crippen molar-refractivity contribution in [2.24, 2.45) is 0 Å². The smallest absolute Gasteiger partial charge is 0.243 e. The first-order valence-electron chi connectivity index (χ1n) is 8.62. The van der Waals surface area contributed by atoms with Gasteiger partial charge in [0.15, 0.2) is 0 Å². The SMILES string of the molecule is CC(C)(C)c1ccccc1NCC(=O)Nc1cc(Cl)ccc1-n1cncn1. The number of halogens is 1. The third kappa shape index (κ3) is 4.65. The summed E-state index contributed by atoms with van der Waals surface area (Å²) >= 11 is 6.09. The molecule has 6 nitrogen and oxygen atoms in total. The molecule has 7 heteroatoms. The third-order valence-corrected chi connectivity index (χ3v) is 4.31. The molecule has 0 aliphatic heterocycles. The van der Waals surface area contributed by atoms with E-state index >= 15 is 0 Å². The van der Waals surface area contributed by atoms with Gasteiger partial charge in [-0.3, -0.25) is 4.79 Å². The number of rotatable bonds is 5. The van der Waals surface area contributed by atoms with Crippen LogP contribution in [0.5, 0.6) is 0 Å². The summed E-state index contributed by atoms with van der Waals surface area (Å²) < 4.78 is 1.58. The van der Waals surface area contributed by atoms with E-state index in [1.165, 1.54) is 6.33 Å². The van der Waals surface area contributed by atoms with Gasteiger partial charge in [0.2, 0.25) is 5.91 Å². The number of nitrogens with one attached hydrogen (secondary N) is 2. The molecule has 0 aliphatic carbocycles. The molecule has 0 spiro atoms. The fourth-order valence-corrected chi connectivity index (χ4v) is 2.97. The summed E-state index contributed by atoms with van der Waals surface area (Å²) in [5.41, 5.74) is 3.35. The van der Waals surface area contributed by atoms with E-state index in [4.69, 9.17) is 11.6 Å². The molecule has 140 valence electrons. The third-order valence-electron chi connectivity index (χ3n) is 4.07. The van der Waals surface area contributed by atoms with E-state index in [2.05, 4.69) is 47.6 Å². The molecule has 0 radical (unpaired) electrons. The number of para-hydroxylation sites is 1. The Kier molecular flexibility index (Phi) is 5.46. The lowest BCUT2D eigenvalue weighted by Crippen LogP contribution is -2.24. The fraction of sp³-hybridized carbons (Fsp3) is 0.250. The Hall–Kier alpha value is -2.86. The summed E-state index contributed by atoms with van der Waals surface area (Å²) in [6.45, 7) is 6.56. The molecule has 3 aromatic rings. The van der Waals surface area contributed by atoms with Crippen molar-refractivity contribution in [2.75, 3.05) is 17.2 Å². The minimum Gasteiger partial charge on any atom is -0.376 e. The maximum Gasteiger partial charge on any atom is 0.243 e. The number of benzene rings is 2. The van der Waals surface area contributed by atoms with Gasteiger partial charge in [0, 0.05) is 10.7 Å². The number of aromatic nitrogens is 3. The molecule has 1 heterocycles. The zero-order valence-electron chi connectivity index (χ0n) is 15.5. The maximum atomic E-state index is 12.5. The van der Waals surface area contributed by atoms with Gasteiger partial charge in [-0.1, -0.05) is 50.6 Å². The van der Waals surface area contributed by atoms with E-state index in [-0.39, 0.29) is 17.9 Å². The molecule has 0 fully saturated rings. The number of amides is 1. The predicted octanol–water partition coefficient (Wildman–Crippen LogP) is 4.27. The van der Waals surface area contributed by atoms with Gasteiger partial charge >= 0.3 is 0 Å². The van der Waals surface area contributed by atoms with Gasteiger partial charge in [-0.15, -0.1) is 0 Å². The number of carbonyl (C=O) groups excluding carboxylic acids is 1. The van der Waals surface area contributed by atoms with Gasteiger partial charge in [-0.05, 0) is 35.2 Å². The zero-order valence-corrected chi connectivity index (χ0v) is 16.3. The van der Waals surface area contributed by atoms with Crippen molar-refractivity contribution in [1.29, 1.82) is 0 Å². The second-order valence-electron chi connectivity index (χ2n) is 7.20. The van der Waals surface area contributed by atoms with Gasteiger partial charge in [0.05, 0.1) is 17.9 Å². The van der Waals surface area contributed by atoms with Gasteiger partial charge in [-0.2, -0.15) is 5.10 Å². The molecule has 0 atom stereocenters. The molecule has 3 rings (SSSR count). The van der Waals surface area contributed by atoms with E-state index in [9.17, 15) is 4.79 Å². The lowest BCUT2D eigenvalue weighted by molar-refractivity contribution is -0.114. The summed E-state index contributed by atoms with van der Waals surface area (Å²) in [6.07, 6.45) is 3.00. The monoisotopic (exact) mass is 383 g/mol. The standard InChI is InChI=1S/C20H22ClN5O/c1-20(2,3)15-6-4-5-7-16(15)23-11-19(27)25-17-10-14(21)8-9-18(17)26-13-22-12-24-26/h4-10,12-13,23H,11H2,1-3H3,(H,25,27). The van der Waals surface area contributed by atoms with E-state index in [0.29, 0.717) is 16.4 Å². The van der Waals surface area contributed by atoms with Crippen LogP contribution in [0, 0.1) is 0 Å². The Morgan fingerprint density at radius 2 is 1.93 bits per heavy atom. The van der Waals surface area contributed by atoms with E-state index in [1.807, 2.05) is 18.2 Å². The van der Waals surface area contributed by atoms with Crippen molar-refractivity contribution in [1.82, 2.24) is 14.8 Å². The van der Waals surface area contributed by atoms with Crippen molar-refractivity contribution in [3.8, 4) is 5.69 Å². The summed E-state index contributed by atoms with van der Waals surface area (Å²) in [5, 5.41) is 10.8. The average Bonchev–Trinajstić information content (AvgIpc) is 3.14. The first-order valence-corrected chi connectivity index (χ1v) is 9.00. The maximum absolute atomic E-state index is 12.5. The molecule has 0 saturated carbocycles. The Morgan fingerprint density at radius 1 is 1.15 bits per heavy atom. The first kappa shape index (κ1) is 18.9. The molecule has 2 aromatic carbocycles. The topological polar surface area (TPSA) is 71.8 Å². The van der Waals surface area contributed by atoms with Crippen molar-refractivity contribution >= 4 is 28.9 Å². The van der Waals surface area contributed by atoms with Gasteiger partial charge in [0.25, 0.3) is 0 Å². The average molecular weight is 384 g/mol. The largest absolute Gasteiger partial charge is 0.376 e. The van der Waals surface area contributed by atoms with Crippen LogP contribution in [0.4, 0.5) is 11.4 Å². The van der Waals surface area contributed by atoms with Crippen LogP contribution in [0.2, 0.25) is 5.02 Å². The summed E-state index contributed by atoms with van der Waals surface area (Å²) in [7, 11) is 0. The van der Waals surface area contributed by atoms with E-state index < -0.39 is 0 Å². The van der Waals surface area contributed by atoms with Crippen LogP contribution in [0.1, 0.15) is 26.3 Å². The molecule has 0 unspecified atom stereocenters. The van der Waals surface area contributed by atoms with E-state index in [1.54, 1.807) is 29.2 Å². The normalized spacial score (nSPS) is 11.3. The second-order valence-corrected chi connectivity index (χ2v) is 7.64. The number of carbonyl (C=O) groups is 1. The Balaban J connectivity index is 1.74. The van der Waals surface area contributed by atoms with Crippen LogP contribution >= 0.6 is 11.6 Å². The highest BCUT2D eigenvalue weighted by molar-refractivity contribution is 6.31.